The van der Waals surface area contributed by atoms with Gasteiger partial charge in [0.25, 0.3) is 0 Å². The summed E-state index contributed by atoms with van der Waals surface area (Å²) >= 11 is 1.20. The maximum absolute atomic E-state index is 11.7. The average Bonchev–Trinajstić information content (AvgIpc) is 3.41. The predicted molar refractivity (Wildman–Crippen MR) is 130 cm³/mol. The minimum Gasteiger partial charge on any atom is -0.494 e. The van der Waals surface area contributed by atoms with Gasteiger partial charge in [-0.3, -0.25) is 9.69 Å². The number of anilines is 1. The van der Waals surface area contributed by atoms with E-state index in [1.807, 2.05) is 0 Å². The van der Waals surface area contributed by atoms with Crippen LogP contribution in [0.15, 0.2) is 64.8 Å². The smallest absolute Gasteiger partial charge is 0.248 e. The maximum Gasteiger partial charge on any atom is 0.248 e. The van der Waals surface area contributed by atoms with Crippen LogP contribution in [0.25, 0.3) is 21.0 Å². The number of nitrogens with one attached hydrogen (secondary N) is 1. The molecule has 4 aromatic rings. The summed E-state index contributed by atoms with van der Waals surface area (Å²) < 4.78 is 144. The molecule has 2 aromatic carbocycles. The van der Waals surface area contributed by atoms with Gasteiger partial charge >= 0.3 is 0 Å². The van der Waals surface area contributed by atoms with Crippen LogP contribution >= 0.6 is 11.3 Å². The third kappa shape index (κ3) is 4.60. The first kappa shape index (κ1) is 8.96. The van der Waals surface area contributed by atoms with Crippen LogP contribution in [0, 0.1) is 0 Å². The molecule has 1 aliphatic rings. The van der Waals surface area contributed by atoms with Crippen LogP contribution in [0.4, 0.5) is 5.69 Å². The molecule has 0 bridgehead atoms. The Labute approximate surface area is 208 Å². The van der Waals surface area contributed by atoms with Gasteiger partial charge in [0.2, 0.25) is 5.56 Å². The standard InChI is InChI=1S/C25H27N3O2S/c29-25-9-7-19-6-8-20(18-22(19)26-25)30-16-2-1-11-27-12-14-28(15-13-27)23-4-3-5-24-21(23)10-17-31-24/h3-10,17-18H,1-2,11-16H2,(H,26,29)/i1D2,2D2,11D2,12D2,13D2,14D2,15D2,16D2. The van der Waals surface area contributed by atoms with Gasteiger partial charge in [0, 0.05) is 67.6 Å². The number of nitrogens with zero attached hydrogens (tertiary/aromatic N) is 2. The van der Waals surface area contributed by atoms with E-state index in [-0.39, 0.29) is 21.5 Å². The van der Waals surface area contributed by atoms with Crippen molar-refractivity contribution >= 4 is 38.0 Å². The lowest BCUT2D eigenvalue weighted by Crippen LogP contribution is -2.46. The van der Waals surface area contributed by atoms with Crippen molar-refractivity contribution in [3.05, 3.63) is 70.3 Å². The molecule has 0 amide bonds. The zero-order chi connectivity index (χ0) is 35.4. The molecule has 160 valence electrons. The summed E-state index contributed by atoms with van der Waals surface area (Å²) in [7, 11) is 0. The molecular formula is C25H27N3O2S. The Hall–Kier alpha value is -2.83. The molecule has 0 spiro atoms. The lowest BCUT2D eigenvalue weighted by molar-refractivity contribution is 0.239. The highest BCUT2D eigenvalue weighted by atomic mass is 32.1. The SMILES string of the molecule is [2H]C([2H])(Oc1ccc2ccc(=O)[nH]c2c1)C([2H])([2H])C([2H])([2H])C([2H])([2H])N1C([2H])([2H])C([2H])([2H])N(c2cccc3sccc23)C([2H])([2H])C1([2H])[2H]. The van der Waals surface area contributed by atoms with Crippen LogP contribution in [-0.2, 0) is 0 Å². The van der Waals surface area contributed by atoms with Crippen LogP contribution in [0.3, 0.4) is 0 Å². The van der Waals surface area contributed by atoms with E-state index in [2.05, 4.69) is 4.98 Å². The van der Waals surface area contributed by atoms with Gasteiger partial charge in [-0.05, 0) is 66.4 Å². The number of H-pyrrole nitrogens is 1. The average molecular weight is 450 g/mol. The number of hydrogen-bond acceptors (Lipinski definition) is 5. The second-order valence-electron chi connectivity index (χ2n) is 6.37. The summed E-state index contributed by atoms with van der Waals surface area (Å²) in [5, 5.41) is 2.32. The molecule has 6 heteroatoms. The molecule has 0 saturated carbocycles. The molecule has 1 N–H and O–H groups in total. The molecule has 2 aromatic heterocycles. The number of rotatable bonds is 7. The second-order valence-corrected chi connectivity index (χ2v) is 7.31. The molecule has 0 atom stereocenters. The van der Waals surface area contributed by atoms with Gasteiger partial charge in [0.15, 0.2) is 0 Å². The monoisotopic (exact) mass is 449 g/mol. The van der Waals surface area contributed by atoms with Gasteiger partial charge in [-0.15, -0.1) is 11.3 Å². The van der Waals surface area contributed by atoms with Crippen LogP contribution in [0.2, 0.25) is 0 Å². The number of fused-ring (bicyclic) bond motifs is 2. The molecule has 5 rings (SSSR count). The number of pyridine rings is 1. The Bertz CT molecular complexity index is 1880. The zero-order valence-corrected chi connectivity index (χ0v) is 16.7. The number of ether oxygens (including phenoxy) is 1. The quantitative estimate of drug-likeness (QED) is 0.443. The zero-order valence-electron chi connectivity index (χ0n) is 31.9. The van der Waals surface area contributed by atoms with Crippen LogP contribution < -0.4 is 15.2 Å². The summed E-state index contributed by atoms with van der Waals surface area (Å²) in [6.45, 7) is -23.3. The lowest BCUT2D eigenvalue weighted by atomic mass is 10.2. The maximum atomic E-state index is 11.7. The Morgan fingerprint density at radius 3 is 2.84 bits per heavy atom. The van der Waals surface area contributed by atoms with Crippen molar-refractivity contribution in [1.82, 2.24) is 9.88 Å². The summed E-state index contributed by atoms with van der Waals surface area (Å²) in [6, 6.07) is 12.1. The first-order valence-corrected chi connectivity index (χ1v) is 10.0. The first-order chi connectivity index (χ1) is 21.3. The molecule has 1 saturated heterocycles. The van der Waals surface area contributed by atoms with Gasteiger partial charge < -0.3 is 14.6 Å². The largest absolute Gasteiger partial charge is 0.494 e. The second kappa shape index (κ2) is 9.12. The predicted octanol–water partition coefficient (Wildman–Crippen LogP) is 4.72. The van der Waals surface area contributed by atoms with Crippen molar-refractivity contribution in [2.75, 3.05) is 43.9 Å². The van der Waals surface area contributed by atoms with Crippen molar-refractivity contribution < 1.29 is 26.7 Å². The van der Waals surface area contributed by atoms with E-state index in [4.69, 9.17) is 26.7 Å². The summed E-state index contributed by atoms with van der Waals surface area (Å²) in [6.07, 6.45) is -8.38. The van der Waals surface area contributed by atoms with Crippen molar-refractivity contribution in [2.24, 2.45) is 0 Å². The number of piperazine rings is 1. The minimum atomic E-state index is -4.31. The topological polar surface area (TPSA) is 48.6 Å². The number of aromatic amines is 1. The third-order valence-corrected chi connectivity index (χ3v) is 5.29. The minimum absolute atomic E-state index is 0.145. The van der Waals surface area contributed by atoms with Gasteiger partial charge in [-0.2, -0.15) is 0 Å². The van der Waals surface area contributed by atoms with Crippen LogP contribution in [0.5, 0.6) is 5.75 Å². The van der Waals surface area contributed by atoms with Crippen molar-refractivity contribution in [3.8, 4) is 5.75 Å². The number of aromatic nitrogens is 1. The van der Waals surface area contributed by atoms with E-state index < -0.39 is 68.0 Å². The lowest BCUT2D eigenvalue weighted by Gasteiger charge is -2.36. The van der Waals surface area contributed by atoms with E-state index in [0.717, 1.165) is 6.07 Å². The van der Waals surface area contributed by atoms with Gasteiger partial charge in [-0.25, -0.2) is 0 Å². The normalized spacial score (nSPS) is 31.0. The highest BCUT2D eigenvalue weighted by Gasteiger charge is 2.18. The Kier molecular flexibility index (Phi) is 2.64. The van der Waals surface area contributed by atoms with E-state index in [9.17, 15) is 4.79 Å². The fourth-order valence-corrected chi connectivity index (χ4v) is 3.80. The van der Waals surface area contributed by atoms with Crippen LogP contribution in [0.1, 0.15) is 34.7 Å². The molecule has 3 heterocycles. The summed E-state index contributed by atoms with van der Waals surface area (Å²) in [5.74, 6) is -0.417. The Balaban J connectivity index is 1.60. The molecule has 0 radical (unpaired) electrons. The van der Waals surface area contributed by atoms with Crippen molar-refractivity contribution in [2.45, 2.75) is 12.7 Å². The first-order valence-electron chi connectivity index (χ1n) is 17.2. The van der Waals surface area contributed by atoms with Gasteiger partial charge in [0.1, 0.15) is 5.75 Å². The molecule has 1 fully saturated rings. The van der Waals surface area contributed by atoms with E-state index in [1.54, 1.807) is 11.4 Å². The molecule has 0 aliphatic carbocycles. The highest BCUT2D eigenvalue weighted by Crippen LogP contribution is 2.31. The third-order valence-electron chi connectivity index (χ3n) is 4.41. The fourth-order valence-electron chi connectivity index (χ4n) is 2.99. The molecule has 1 aliphatic heterocycles. The fraction of sp³-hybridized carbons (Fsp3) is 0.320. The van der Waals surface area contributed by atoms with Crippen LogP contribution in [-0.4, -0.2) is 48.9 Å². The van der Waals surface area contributed by atoms with E-state index in [0.29, 0.717) is 10.1 Å². The molecule has 5 nitrogen and oxygen atoms in total. The van der Waals surface area contributed by atoms with E-state index in [1.165, 1.54) is 53.8 Å². The number of benzene rings is 2. The Morgan fingerprint density at radius 1 is 1.06 bits per heavy atom. The van der Waals surface area contributed by atoms with Gasteiger partial charge in [-0.1, -0.05) is 6.07 Å². The van der Waals surface area contributed by atoms with Gasteiger partial charge in [0.05, 0.1) is 20.3 Å². The van der Waals surface area contributed by atoms with E-state index >= 15 is 0 Å². The van der Waals surface area contributed by atoms with Crippen molar-refractivity contribution in [1.29, 1.82) is 0 Å². The highest BCUT2D eigenvalue weighted by molar-refractivity contribution is 7.17. The number of thiophene rings is 1. The molecule has 0 unspecified atom stereocenters. The van der Waals surface area contributed by atoms with Crippen molar-refractivity contribution in [3.63, 3.8) is 0 Å². The summed E-state index contributed by atoms with van der Waals surface area (Å²) in [4.78, 5) is 13.7. The molecular weight excluding hydrogens is 406 g/mol. The Morgan fingerprint density at radius 2 is 1.94 bits per heavy atom. The number of hydrogen-bond donors (Lipinski definition) is 1. The molecule has 31 heavy (non-hydrogen) atoms. The summed E-state index contributed by atoms with van der Waals surface area (Å²) in [5.41, 5.74) is -0.647.